The number of ether oxygens (including phenoxy) is 3. The molecular formula is C12H20N2O6. The first-order valence-corrected chi connectivity index (χ1v) is 6.26. The van der Waals surface area contributed by atoms with Crippen LogP contribution >= 0.6 is 0 Å². The van der Waals surface area contributed by atoms with Crippen molar-refractivity contribution in [3.8, 4) is 0 Å². The van der Waals surface area contributed by atoms with Crippen LogP contribution in [0.2, 0.25) is 0 Å². The van der Waals surface area contributed by atoms with Crippen LogP contribution in [-0.4, -0.2) is 62.5 Å². The highest BCUT2D eigenvalue weighted by atomic mass is 16.6. The fourth-order valence-electron chi connectivity index (χ4n) is 2.09. The zero-order chi connectivity index (χ0) is 15.3. The molecule has 2 unspecified atom stereocenters. The second kappa shape index (κ2) is 6.56. The first kappa shape index (κ1) is 16.2. The van der Waals surface area contributed by atoms with Crippen LogP contribution in [0.5, 0.6) is 0 Å². The number of rotatable bonds is 6. The molecule has 0 bridgehead atoms. The van der Waals surface area contributed by atoms with Crippen LogP contribution in [0.25, 0.3) is 0 Å². The molecule has 8 nitrogen and oxygen atoms in total. The third-order valence-corrected chi connectivity index (χ3v) is 3.25. The first-order chi connectivity index (χ1) is 9.45. The van der Waals surface area contributed by atoms with E-state index < -0.39 is 29.7 Å². The molecule has 1 fully saturated rings. The highest BCUT2D eigenvalue weighted by Crippen LogP contribution is 2.28. The Morgan fingerprint density at radius 2 is 2.00 bits per heavy atom. The van der Waals surface area contributed by atoms with Gasteiger partial charge in [-0.1, -0.05) is 13.3 Å². The van der Waals surface area contributed by atoms with E-state index in [2.05, 4.69) is 14.8 Å². The molecule has 2 atom stereocenters. The summed E-state index contributed by atoms with van der Waals surface area (Å²) in [6.07, 6.45) is 0.426. The predicted octanol–water partition coefficient (Wildman–Crippen LogP) is -0.131. The number of carbonyl (C=O) groups excluding carboxylic acids is 3. The molecule has 1 heterocycles. The number of hydrogen-bond acceptors (Lipinski definition) is 6. The fraction of sp³-hybridized carbons (Fsp3) is 0.750. The average molecular weight is 288 g/mol. The van der Waals surface area contributed by atoms with Crippen molar-refractivity contribution in [1.29, 1.82) is 0 Å². The number of β-lactam (4-membered cyclic amide) rings is 1. The minimum absolute atomic E-state index is 0.0667. The van der Waals surface area contributed by atoms with Crippen molar-refractivity contribution >= 4 is 18.0 Å². The summed E-state index contributed by atoms with van der Waals surface area (Å²) in [4.78, 5) is 36.5. The molecule has 114 valence electrons. The largest absolute Gasteiger partial charge is 0.467 e. The number of esters is 1. The van der Waals surface area contributed by atoms with Crippen molar-refractivity contribution in [3.63, 3.8) is 0 Å². The summed E-state index contributed by atoms with van der Waals surface area (Å²) in [5.74, 6) is -0.975. The Balaban J connectivity index is 2.80. The number of alkyl carbamates (subject to hydrolysis) is 1. The number of likely N-dealkylation sites (tertiary alicyclic amines) is 1. The molecule has 20 heavy (non-hydrogen) atoms. The zero-order valence-electron chi connectivity index (χ0n) is 12.1. The van der Waals surface area contributed by atoms with Crippen LogP contribution in [0.1, 0.15) is 19.8 Å². The van der Waals surface area contributed by atoms with Gasteiger partial charge in [-0.3, -0.25) is 10.1 Å². The molecule has 2 amide bonds. The van der Waals surface area contributed by atoms with Crippen LogP contribution in [0, 0.1) is 0 Å². The number of carbonyl (C=O) groups is 3. The van der Waals surface area contributed by atoms with Gasteiger partial charge in [0.15, 0.2) is 0 Å². The Morgan fingerprint density at radius 1 is 1.35 bits per heavy atom. The van der Waals surface area contributed by atoms with Crippen molar-refractivity contribution in [1.82, 2.24) is 10.2 Å². The molecule has 1 N–H and O–H groups in total. The summed E-state index contributed by atoms with van der Waals surface area (Å²) in [7, 11) is 3.76. The van der Waals surface area contributed by atoms with Crippen molar-refractivity contribution < 1.29 is 28.6 Å². The van der Waals surface area contributed by atoms with E-state index in [0.717, 1.165) is 0 Å². The van der Waals surface area contributed by atoms with Crippen LogP contribution in [-0.2, 0) is 23.8 Å². The zero-order valence-corrected chi connectivity index (χ0v) is 12.1. The average Bonchev–Trinajstić information content (AvgIpc) is 2.47. The second-order valence-electron chi connectivity index (χ2n) is 4.41. The summed E-state index contributed by atoms with van der Waals surface area (Å²) in [6.45, 7) is 1.97. The molecule has 0 aromatic carbocycles. The van der Waals surface area contributed by atoms with Gasteiger partial charge in [0.1, 0.15) is 6.04 Å². The molecule has 1 aliphatic heterocycles. The van der Waals surface area contributed by atoms with Gasteiger partial charge in [0, 0.05) is 7.11 Å². The van der Waals surface area contributed by atoms with Crippen molar-refractivity contribution in [2.24, 2.45) is 0 Å². The standard InChI is InChI=1S/C12H20N2O6/c1-5-6-8(9(15)18-2)14-7-12(20-4,10(14)16)13-11(17)19-3/h8H,5-7H2,1-4H3,(H,13,17). The van der Waals surface area contributed by atoms with E-state index in [1.807, 2.05) is 6.92 Å². The maximum absolute atomic E-state index is 12.2. The molecule has 1 saturated heterocycles. The minimum atomic E-state index is -1.47. The van der Waals surface area contributed by atoms with Gasteiger partial charge in [-0.25, -0.2) is 9.59 Å². The maximum Gasteiger partial charge on any atom is 0.409 e. The Kier molecular flexibility index (Phi) is 5.32. The maximum atomic E-state index is 12.2. The number of nitrogens with one attached hydrogen (secondary N) is 1. The Bertz CT molecular complexity index is 399. The van der Waals surface area contributed by atoms with Crippen molar-refractivity contribution in [2.75, 3.05) is 27.9 Å². The molecule has 0 radical (unpaired) electrons. The van der Waals surface area contributed by atoms with Crippen molar-refractivity contribution in [3.05, 3.63) is 0 Å². The molecule has 0 saturated carbocycles. The van der Waals surface area contributed by atoms with Gasteiger partial charge in [-0.2, -0.15) is 0 Å². The van der Waals surface area contributed by atoms with Crippen LogP contribution in [0.3, 0.4) is 0 Å². The van der Waals surface area contributed by atoms with Gasteiger partial charge >= 0.3 is 12.1 Å². The van der Waals surface area contributed by atoms with E-state index in [1.54, 1.807) is 0 Å². The molecule has 0 spiro atoms. The van der Waals surface area contributed by atoms with Crippen molar-refractivity contribution in [2.45, 2.75) is 31.5 Å². The summed E-state index contributed by atoms with van der Waals surface area (Å²) in [5.41, 5.74) is -1.47. The Labute approximate surface area is 117 Å². The van der Waals surface area contributed by atoms with E-state index in [1.165, 1.54) is 26.2 Å². The van der Waals surface area contributed by atoms with Gasteiger partial charge in [0.05, 0.1) is 20.8 Å². The lowest BCUT2D eigenvalue weighted by atomic mass is 9.97. The van der Waals surface area contributed by atoms with E-state index in [0.29, 0.717) is 12.8 Å². The van der Waals surface area contributed by atoms with E-state index >= 15 is 0 Å². The molecule has 0 aromatic heterocycles. The van der Waals surface area contributed by atoms with Crippen LogP contribution < -0.4 is 5.32 Å². The van der Waals surface area contributed by atoms with E-state index in [4.69, 9.17) is 4.74 Å². The lowest BCUT2D eigenvalue weighted by Gasteiger charge is -2.49. The quantitative estimate of drug-likeness (QED) is 0.415. The molecule has 1 rings (SSSR count). The number of hydrogen-bond donors (Lipinski definition) is 1. The molecule has 1 aliphatic rings. The van der Waals surface area contributed by atoms with Gasteiger partial charge < -0.3 is 19.1 Å². The second-order valence-corrected chi connectivity index (χ2v) is 4.41. The van der Waals surface area contributed by atoms with Crippen LogP contribution in [0.4, 0.5) is 4.79 Å². The monoisotopic (exact) mass is 288 g/mol. The topological polar surface area (TPSA) is 94.2 Å². The van der Waals surface area contributed by atoms with Gasteiger partial charge in [-0.05, 0) is 6.42 Å². The molecule has 0 aromatic rings. The van der Waals surface area contributed by atoms with E-state index in [9.17, 15) is 14.4 Å². The van der Waals surface area contributed by atoms with Gasteiger partial charge in [-0.15, -0.1) is 0 Å². The highest BCUT2D eigenvalue weighted by molar-refractivity contribution is 5.97. The van der Waals surface area contributed by atoms with E-state index in [-0.39, 0.29) is 6.54 Å². The number of methoxy groups -OCH3 is 3. The molecular weight excluding hydrogens is 268 g/mol. The summed E-state index contributed by atoms with van der Waals surface area (Å²) >= 11 is 0. The predicted molar refractivity (Wildman–Crippen MR) is 67.7 cm³/mol. The number of amides is 2. The smallest absolute Gasteiger partial charge is 0.409 e. The number of nitrogens with zero attached hydrogens (tertiary/aromatic N) is 1. The first-order valence-electron chi connectivity index (χ1n) is 6.26. The summed E-state index contributed by atoms with van der Waals surface area (Å²) < 4.78 is 14.2. The third kappa shape index (κ3) is 2.84. The van der Waals surface area contributed by atoms with Crippen LogP contribution in [0.15, 0.2) is 0 Å². The summed E-state index contributed by atoms with van der Waals surface area (Å²) in [5, 5.41) is 2.34. The Morgan fingerprint density at radius 3 is 2.40 bits per heavy atom. The van der Waals surface area contributed by atoms with Gasteiger partial charge in [0.25, 0.3) is 5.91 Å². The van der Waals surface area contributed by atoms with Gasteiger partial charge in [0.2, 0.25) is 5.72 Å². The minimum Gasteiger partial charge on any atom is -0.467 e. The summed E-state index contributed by atoms with van der Waals surface area (Å²) in [6, 6.07) is -0.666. The molecule has 0 aliphatic carbocycles. The lowest BCUT2D eigenvalue weighted by Crippen LogP contribution is -2.77. The fourth-order valence-corrected chi connectivity index (χ4v) is 2.09. The highest BCUT2D eigenvalue weighted by Gasteiger charge is 2.57. The normalized spacial score (nSPS) is 22.8. The Hall–Kier alpha value is -1.83. The lowest BCUT2D eigenvalue weighted by molar-refractivity contribution is -0.195. The SMILES string of the molecule is CCCC(C(=O)OC)N1CC(NC(=O)OC)(OC)C1=O. The molecule has 8 heteroatoms. The third-order valence-electron chi connectivity index (χ3n) is 3.25.